The van der Waals surface area contributed by atoms with Crippen LogP contribution in [0.1, 0.15) is 33.6 Å². The van der Waals surface area contributed by atoms with Crippen LogP contribution in [0, 0.1) is 17.3 Å². The lowest BCUT2D eigenvalue weighted by molar-refractivity contribution is -0.175. The van der Waals surface area contributed by atoms with Crippen molar-refractivity contribution in [1.82, 2.24) is 0 Å². The Labute approximate surface area is 118 Å². The first-order valence-corrected chi connectivity index (χ1v) is 7.14. The molecule has 1 saturated heterocycles. The summed E-state index contributed by atoms with van der Waals surface area (Å²) in [5.41, 5.74) is -3.23. The van der Waals surface area contributed by atoms with Gasteiger partial charge in [-0.1, -0.05) is 19.1 Å². The van der Waals surface area contributed by atoms with Gasteiger partial charge in [0.1, 0.15) is 6.10 Å². The Kier molecular flexibility index (Phi) is 2.70. The topological polar surface area (TPSA) is 87.0 Å². The number of carbonyl (C=O) groups is 1. The minimum absolute atomic E-state index is 0.335. The third kappa shape index (κ3) is 1.57. The number of aliphatic hydroxyl groups is 3. The molecule has 0 aromatic heterocycles. The van der Waals surface area contributed by atoms with Gasteiger partial charge in [0.05, 0.1) is 11.7 Å². The van der Waals surface area contributed by atoms with E-state index in [-0.39, 0.29) is 5.92 Å². The molecular weight excluding hydrogens is 260 g/mol. The van der Waals surface area contributed by atoms with Gasteiger partial charge in [0.2, 0.25) is 0 Å². The lowest BCUT2D eigenvalue weighted by Gasteiger charge is -2.55. The minimum atomic E-state index is -1.51. The largest absolute Gasteiger partial charge is 0.459 e. The quantitative estimate of drug-likeness (QED) is 0.441. The van der Waals surface area contributed by atoms with Gasteiger partial charge < -0.3 is 20.1 Å². The van der Waals surface area contributed by atoms with Crippen LogP contribution in [0.15, 0.2) is 12.2 Å². The number of carbonyl (C=O) groups excluding carboxylic acids is 1. The lowest BCUT2D eigenvalue weighted by atomic mass is 9.52. The molecule has 0 unspecified atom stereocenters. The van der Waals surface area contributed by atoms with Crippen LogP contribution in [-0.4, -0.2) is 44.7 Å². The van der Waals surface area contributed by atoms with Crippen molar-refractivity contribution < 1.29 is 24.9 Å². The molecule has 3 N–H and O–H groups in total. The van der Waals surface area contributed by atoms with Crippen LogP contribution in [0.5, 0.6) is 0 Å². The molecule has 1 saturated carbocycles. The zero-order valence-corrected chi connectivity index (χ0v) is 12.0. The molecule has 0 aromatic carbocycles. The Hall–Kier alpha value is -0.910. The summed E-state index contributed by atoms with van der Waals surface area (Å²) >= 11 is 0. The number of rotatable bonds is 0. The summed E-state index contributed by atoms with van der Waals surface area (Å²) in [6.07, 6.45) is 3.17. The van der Waals surface area contributed by atoms with Gasteiger partial charge in [0.25, 0.3) is 0 Å². The van der Waals surface area contributed by atoms with E-state index >= 15 is 0 Å². The Bertz CT molecular complexity index is 481. The first kappa shape index (κ1) is 14.0. The van der Waals surface area contributed by atoms with Gasteiger partial charge >= 0.3 is 5.97 Å². The molecular formula is C15H22O5. The second-order valence-corrected chi connectivity index (χ2v) is 7.18. The van der Waals surface area contributed by atoms with Gasteiger partial charge in [-0.25, -0.2) is 4.79 Å². The zero-order chi connectivity index (χ0) is 14.9. The normalized spacial score (nSPS) is 58.0. The van der Waals surface area contributed by atoms with E-state index in [1.54, 1.807) is 19.1 Å². The summed E-state index contributed by atoms with van der Waals surface area (Å²) in [6.45, 7) is 5.06. The van der Waals surface area contributed by atoms with Gasteiger partial charge in [-0.3, -0.25) is 0 Å². The predicted octanol–water partition coefficient (Wildman–Crippen LogP) is 0.377. The number of aliphatic hydroxyl groups excluding tert-OH is 1. The summed E-state index contributed by atoms with van der Waals surface area (Å²) < 4.78 is 5.41. The van der Waals surface area contributed by atoms with Crippen molar-refractivity contribution in [3.63, 3.8) is 0 Å². The van der Waals surface area contributed by atoms with Gasteiger partial charge in [0.15, 0.2) is 5.60 Å². The monoisotopic (exact) mass is 282 g/mol. The highest BCUT2D eigenvalue weighted by Crippen LogP contribution is 2.57. The smallest absolute Gasteiger partial charge is 0.338 e. The van der Waals surface area contributed by atoms with E-state index in [2.05, 4.69) is 0 Å². The highest BCUT2D eigenvalue weighted by molar-refractivity contribution is 5.81. The summed E-state index contributed by atoms with van der Waals surface area (Å²) in [4.78, 5) is 11.9. The fourth-order valence-corrected chi connectivity index (χ4v) is 4.48. The molecule has 0 aromatic rings. The van der Waals surface area contributed by atoms with E-state index in [1.807, 2.05) is 6.92 Å². The first-order chi connectivity index (χ1) is 9.10. The number of hydrogen-bond donors (Lipinski definition) is 3. The standard InChI is InChI=1S/C15H22O5/c1-13-6-4-8-10(20-12(17)15(8,3)19)11(13)14(2,18)7-5-9(13)16/h5,7-11,16,18-19H,4,6H2,1-3H3/t8-,9+,10+,11-,13+,14+,15-/m1/s1. The molecule has 112 valence electrons. The maximum absolute atomic E-state index is 11.9. The molecule has 2 aliphatic carbocycles. The van der Waals surface area contributed by atoms with Crippen LogP contribution in [0.2, 0.25) is 0 Å². The van der Waals surface area contributed by atoms with Gasteiger partial charge in [-0.2, -0.15) is 0 Å². The van der Waals surface area contributed by atoms with Gasteiger partial charge in [-0.15, -0.1) is 0 Å². The molecule has 5 nitrogen and oxygen atoms in total. The molecule has 1 heterocycles. The second kappa shape index (κ2) is 3.84. The van der Waals surface area contributed by atoms with Gasteiger partial charge in [0, 0.05) is 17.3 Å². The predicted molar refractivity (Wildman–Crippen MR) is 70.6 cm³/mol. The van der Waals surface area contributed by atoms with Gasteiger partial charge in [-0.05, 0) is 26.7 Å². The Morgan fingerprint density at radius 2 is 1.95 bits per heavy atom. The summed E-state index contributed by atoms with van der Waals surface area (Å²) in [5, 5.41) is 31.3. The molecule has 7 atom stereocenters. The van der Waals surface area contributed by atoms with Crippen LogP contribution >= 0.6 is 0 Å². The van der Waals surface area contributed by atoms with Crippen molar-refractivity contribution in [2.45, 2.75) is 57.0 Å². The molecule has 3 aliphatic rings. The number of hydrogen-bond acceptors (Lipinski definition) is 5. The van der Waals surface area contributed by atoms with E-state index in [0.717, 1.165) is 0 Å². The van der Waals surface area contributed by atoms with Crippen molar-refractivity contribution in [3.8, 4) is 0 Å². The minimum Gasteiger partial charge on any atom is -0.459 e. The second-order valence-electron chi connectivity index (χ2n) is 7.18. The molecule has 2 fully saturated rings. The molecule has 0 amide bonds. The maximum Gasteiger partial charge on any atom is 0.338 e. The van der Waals surface area contributed by atoms with E-state index in [9.17, 15) is 20.1 Å². The van der Waals surface area contributed by atoms with Crippen LogP contribution in [0.25, 0.3) is 0 Å². The average Bonchev–Trinajstić information content (AvgIpc) is 2.55. The van der Waals surface area contributed by atoms with E-state index in [1.165, 1.54) is 6.92 Å². The Balaban J connectivity index is 2.07. The molecule has 0 radical (unpaired) electrons. The number of ether oxygens (including phenoxy) is 1. The molecule has 20 heavy (non-hydrogen) atoms. The SMILES string of the molecule is C[C@@]12CC[C@@H]3[C@H](OC(=O)[C@]3(C)O)[C@H]1[C@@](C)(O)C=C[C@@H]2O. The van der Waals surface area contributed by atoms with E-state index < -0.39 is 40.7 Å². The van der Waals surface area contributed by atoms with Crippen molar-refractivity contribution >= 4 is 5.97 Å². The highest BCUT2D eigenvalue weighted by atomic mass is 16.6. The zero-order valence-electron chi connectivity index (χ0n) is 12.0. The summed E-state index contributed by atoms with van der Waals surface area (Å²) in [5.74, 6) is -1.39. The van der Waals surface area contributed by atoms with Crippen LogP contribution in [0.3, 0.4) is 0 Å². The molecule has 1 aliphatic heterocycles. The lowest BCUT2D eigenvalue weighted by Crippen LogP contribution is -2.61. The fraction of sp³-hybridized carbons (Fsp3) is 0.800. The third-order valence-electron chi connectivity index (χ3n) is 5.73. The molecule has 0 spiro atoms. The number of esters is 1. The van der Waals surface area contributed by atoms with Crippen molar-refractivity contribution in [2.75, 3.05) is 0 Å². The molecule has 5 heteroatoms. The third-order valence-corrected chi connectivity index (χ3v) is 5.73. The highest BCUT2D eigenvalue weighted by Gasteiger charge is 2.66. The molecule has 3 rings (SSSR count). The Morgan fingerprint density at radius 3 is 2.60 bits per heavy atom. The summed E-state index contributed by atoms with van der Waals surface area (Å²) in [6, 6.07) is 0. The molecule has 0 bridgehead atoms. The van der Waals surface area contributed by atoms with Crippen molar-refractivity contribution in [2.24, 2.45) is 17.3 Å². The van der Waals surface area contributed by atoms with Crippen molar-refractivity contribution in [3.05, 3.63) is 12.2 Å². The van der Waals surface area contributed by atoms with Crippen LogP contribution < -0.4 is 0 Å². The van der Waals surface area contributed by atoms with E-state index in [0.29, 0.717) is 12.8 Å². The van der Waals surface area contributed by atoms with Crippen LogP contribution in [0.4, 0.5) is 0 Å². The van der Waals surface area contributed by atoms with Crippen molar-refractivity contribution in [1.29, 1.82) is 0 Å². The summed E-state index contributed by atoms with van der Waals surface area (Å²) in [7, 11) is 0. The van der Waals surface area contributed by atoms with Crippen LogP contribution in [-0.2, 0) is 9.53 Å². The first-order valence-electron chi connectivity index (χ1n) is 7.14. The van der Waals surface area contributed by atoms with E-state index in [4.69, 9.17) is 4.74 Å². The number of fused-ring (bicyclic) bond motifs is 3. The fourth-order valence-electron chi connectivity index (χ4n) is 4.48. The Morgan fingerprint density at radius 1 is 1.30 bits per heavy atom. The maximum atomic E-state index is 11.9. The average molecular weight is 282 g/mol.